The number of carbonyl (C=O) groups excluding carboxylic acids is 1. The number of allylic oxidation sites excluding steroid dienone is 6. The second kappa shape index (κ2) is 7.68. The fourth-order valence-corrected chi connectivity index (χ4v) is 4.15. The van der Waals surface area contributed by atoms with Crippen molar-refractivity contribution in [2.45, 2.75) is 10.1 Å². The van der Waals surface area contributed by atoms with Crippen LogP contribution in [-0.4, -0.2) is 35.1 Å². The van der Waals surface area contributed by atoms with Crippen LogP contribution in [0.2, 0.25) is 0 Å². The average Bonchev–Trinajstić information content (AvgIpc) is 3.17. The molecule has 0 aliphatic heterocycles. The summed E-state index contributed by atoms with van der Waals surface area (Å²) in [6.45, 7) is 7.32. The van der Waals surface area contributed by atoms with Gasteiger partial charge in [-0.3, -0.25) is 9.89 Å². The minimum Gasteiger partial charge on any atom is -0.288 e. The third-order valence-corrected chi connectivity index (χ3v) is 5.79. The van der Waals surface area contributed by atoms with E-state index in [4.69, 9.17) is 0 Å². The Labute approximate surface area is 160 Å². The molecule has 0 fully saturated rings. The molecule has 3 rings (SSSR count). The summed E-state index contributed by atoms with van der Waals surface area (Å²) in [5, 5.41) is 6.77. The van der Waals surface area contributed by atoms with Crippen LogP contribution in [-0.2, 0) is 14.8 Å². The van der Waals surface area contributed by atoms with Crippen LogP contribution in [0, 0.1) is 0 Å². The van der Waals surface area contributed by atoms with Crippen LogP contribution in [0.25, 0.3) is 0 Å². The average molecular weight is 398 g/mol. The van der Waals surface area contributed by atoms with Crippen LogP contribution < -0.4 is 0 Å². The third-order valence-electron chi connectivity index (χ3n) is 3.57. The number of hydrogen-bond acceptors (Lipinski definition) is 6. The number of Topliss-reactive ketones (excluding diaryl/α,β-unsaturated/α-hetero) is 1. The molecule has 0 saturated carbocycles. The lowest BCUT2D eigenvalue weighted by Crippen LogP contribution is -2.17. The van der Waals surface area contributed by atoms with E-state index in [9.17, 15) is 13.2 Å². The minimum absolute atomic E-state index is 0.0517. The van der Waals surface area contributed by atoms with Gasteiger partial charge in [-0.2, -0.15) is 17.9 Å². The van der Waals surface area contributed by atoms with Crippen molar-refractivity contribution in [3.63, 3.8) is 0 Å². The van der Waals surface area contributed by atoms with Gasteiger partial charge < -0.3 is 0 Å². The van der Waals surface area contributed by atoms with Crippen molar-refractivity contribution in [1.82, 2.24) is 15.2 Å². The number of thioether (sulfide) groups is 1. The van der Waals surface area contributed by atoms with Crippen LogP contribution in [0.5, 0.6) is 0 Å². The van der Waals surface area contributed by atoms with Crippen molar-refractivity contribution in [1.29, 1.82) is 0 Å². The monoisotopic (exact) mass is 398 g/mol. The molecule has 136 valence electrons. The molecule has 1 aliphatic carbocycles. The molecule has 1 aromatic heterocycles. The molecule has 27 heavy (non-hydrogen) atoms. The maximum Gasteiger partial charge on any atom is 0.282 e. The first-order valence-electron chi connectivity index (χ1n) is 7.65. The topological polar surface area (TPSA) is 105 Å². The molecule has 0 saturated heterocycles. The van der Waals surface area contributed by atoms with Gasteiger partial charge in [0, 0.05) is 11.1 Å². The van der Waals surface area contributed by atoms with Crippen LogP contribution >= 0.6 is 11.8 Å². The normalized spacial score (nSPS) is 16.4. The van der Waals surface area contributed by atoms with E-state index in [1.165, 1.54) is 36.7 Å². The van der Waals surface area contributed by atoms with Crippen molar-refractivity contribution >= 4 is 33.3 Å². The number of aromatic amines is 1. The number of nitrogens with zero attached hydrogens (tertiary/aromatic N) is 3. The van der Waals surface area contributed by atoms with Gasteiger partial charge in [-0.05, 0) is 30.0 Å². The van der Waals surface area contributed by atoms with E-state index in [1.54, 1.807) is 18.2 Å². The lowest BCUT2D eigenvalue weighted by atomic mass is 9.94. The van der Waals surface area contributed by atoms with Gasteiger partial charge in [-0.1, -0.05) is 43.5 Å². The second-order valence-electron chi connectivity index (χ2n) is 5.23. The zero-order valence-corrected chi connectivity index (χ0v) is 15.6. The summed E-state index contributed by atoms with van der Waals surface area (Å²) >= 11 is 1.03. The fourth-order valence-electron chi connectivity index (χ4n) is 2.35. The molecule has 0 bridgehead atoms. The molecule has 7 nitrogen and oxygen atoms in total. The molecular formula is C18H14N4O3S2. The first-order chi connectivity index (χ1) is 13.0. The van der Waals surface area contributed by atoms with Crippen LogP contribution in [0.15, 0.2) is 98.5 Å². The molecule has 0 spiro atoms. The number of rotatable bonds is 6. The van der Waals surface area contributed by atoms with Crippen LogP contribution in [0.4, 0.5) is 0 Å². The Morgan fingerprint density at radius 2 is 1.81 bits per heavy atom. The highest BCUT2D eigenvalue weighted by Gasteiger charge is 2.27. The first kappa shape index (κ1) is 18.7. The van der Waals surface area contributed by atoms with Crippen LogP contribution in [0.3, 0.4) is 0 Å². The fraction of sp³-hybridized carbons (Fsp3) is 0. The van der Waals surface area contributed by atoms with Gasteiger partial charge in [-0.25, -0.2) is 4.98 Å². The number of hydrogen-bond donors (Lipinski definition) is 1. The number of sulfonamides is 1. The smallest absolute Gasteiger partial charge is 0.282 e. The molecule has 1 aliphatic rings. The number of benzene rings is 1. The van der Waals surface area contributed by atoms with Gasteiger partial charge in [0.1, 0.15) is 6.33 Å². The highest BCUT2D eigenvalue weighted by atomic mass is 32.2. The summed E-state index contributed by atoms with van der Waals surface area (Å²) in [6, 6.07) is 7.83. The van der Waals surface area contributed by atoms with E-state index >= 15 is 0 Å². The van der Waals surface area contributed by atoms with Crippen molar-refractivity contribution < 1.29 is 13.2 Å². The van der Waals surface area contributed by atoms with Crippen LogP contribution in [0.1, 0.15) is 0 Å². The summed E-state index contributed by atoms with van der Waals surface area (Å²) in [7, 11) is -3.97. The van der Waals surface area contributed by atoms with Gasteiger partial charge in [0.2, 0.25) is 5.78 Å². The lowest BCUT2D eigenvalue weighted by molar-refractivity contribution is -0.111. The molecule has 1 aromatic carbocycles. The van der Waals surface area contributed by atoms with E-state index in [0.717, 1.165) is 11.8 Å². The Morgan fingerprint density at radius 1 is 1.11 bits per heavy atom. The SMILES string of the molecule is C=CC1=C(C=C)/C(=N\S(=O)(=O)c2ccccc2)C=C(Sc2ncn[nH]2)C1=O. The number of ketones is 1. The van der Waals surface area contributed by atoms with Crippen molar-refractivity contribution in [2.75, 3.05) is 0 Å². The predicted octanol–water partition coefficient (Wildman–Crippen LogP) is 2.86. The molecule has 2 aromatic rings. The summed E-state index contributed by atoms with van der Waals surface area (Å²) < 4.78 is 29.2. The maximum atomic E-state index is 12.7. The standard InChI is InChI=1S/C18H14N4O3S2/c1-3-13-14(4-2)17(23)16(26-18-19-11-20-21-18)10-15(13)22-27(24,25)12-8-6-5-7-9-12/h3-11H,1-2H2,(H,19,20,21)/b22-15-. The molecule has 9 heteroatoms. The highest BCUT2D eigenvalue weighted by molar-refractivity contribution is 8.04. The van der Waals surface area contributed by atoms with E-state index in [1.807, 2.05) is 0 Å². The zero-order chi connectivity index (χ0) is 19.4. The summed E-state index contributed by atoms with van der Waals surface area (Å²) in [5.41, 5.74) is 0.623. The maximum absolute atomic E-state index is 12.7. The van der Waals surface area contributed by atoms with E-state index in [-0.39, 0.29) is 26.9 Å². The largest absolute Gasteiger partial charge is 0.288 e. The Hall–Kier alpha value is -3.04. The van der Waals surface area contributed by atoms with E-state index in [2.05, 4.69) is 32.7 Å². The molecule has 0 atom stereocenters. The highest BCUT2D eigenvalue weighted by Crippen LogP contribution is 2.32. The van der Waals surface area contributed by atoms with E-state index < -0.39 is 10.0 Å². The minimum atomic E-state index is -3.97. The predicted molar refractivity (Wildman–Crippen MR) is 104 cm³/mol. The van der Waals surface area contributed by atoms with Crippen molar-refractivity contribution in [2.24, 2.45) is 4.40 Å². The summed E-state index contributed by atoms with van der Waals surface area (Å²) in [6.07, 6.45) is 5.46. The summed E-state index contributed by atoms with van der Waals surface area (Å²) in [5.74, 6) is -0.322. The molecular weight excluding hydrogens is 384 g/mol. The molecule has 0 amide bonds. The number of carbonyl (C=O) groups is 1. The number of aromatic nitrogens is 3. The number of H-pyrrole nitrogens is 1. The molecule has 1 N–H and O–H groups in total. The van der Waals surface area contributed by atoms with Crippen molar-refractivity contribution in [3.8, 4) is 0 Å². The Kier molecular flexibility index (Phi) is 5.33. The first-order valence-corrected chi connectivity index (χ1v) is 9.91. The second-order valence-corrected chi connectivity index (χ2v) is 7.87. The quantitative estimate of drug-likeness (QED) is 0.750. The van der Waals surface area contributed by atoms with Gasteiger partial charge >= 0.3 is 0 Å². The Bertz CT molecular complexity index is 1100. The van der Waals surface area contributed by atoms with Crippen molar-refractivity contribution in [3.05, 3.63) is 84.1 Å². The van der Waals surface area contributed by atoms with Gasteiger partial charge in [-0.15, -0.1) is 0 Å². The van der Waals surface area contributed by atoms with E-state index in [0.29, 0.717) is 10.7 Å². The Balaban J connectivity index is 2.13. The van der Waals surface area contributed by atoms with Gasteiger partial charge in [0.05, 0.1) is 15.5 Å². The molecule has 0 unspecified atom stereocenters. The lowest BCUT2D eigenvalue weighted by Gasteiger charge is -2.16. The number of nitrogens with one attached hydrogen (secondary N) is 1. The molecule has 1 heterocycles. The summed E-state index contributed by atoms with van der Waals surface area (Å²) in [4.78, 5) is 17.0. The third kappa shape index (κ3) is 3.88. The Morgan fingerprint density at radius 3 is 2.41 bits per heavy atom. The van der Waals surface area contributed by atoms with Gasteiger partial charge in [0.25, 0.3) is 10.0 Å². The van der Waals surface area contributed by atoms with Gasteiger partial charge in [0.15, 0.2) is 5.16 Å². The molecule has 0 radical (unpaired) electrons. The zero-order valence-electron chi connectivity index (χ0n) is 14.0.